The van der Waals surface area contributed by atoms with E-state index in [4.69, 9.17) is 4.74 Å². The quantitative estimate of drug-likeness (QED) is 0.636. The molecule has 0 N–H and O–H groups in total. The maximum absolute atomic E-state index is 12.6. The van der Waals surface area contributed by atoms with E-state index in [1.165, 1.54) is 5.56 Å². The third kappa shape index (κ3) is 4.35. The predicted molar refractivity (Wildman–Crippen MR) is 139 cm³/mol. The lowest BCUT2D eigenvalue weighted by atomic mass is 9.73. The Kier molecular flexibility index (Phi) is 6.72. The van der Waals surface area contributed by atoms with Crippen molar-refractivity contribution in [3.8, 4) is 17.2 Å². The normalized spacial score (nSPS) is 19.7. The molecule has 0 saturated carbocycles. The smallest absolute Gasteiger partial charge is 0.409 e. The monoisotopic (exact) mass is 486 g/mol. The molecule has 188 valence electrons. The van der Waals surface area contributed by atoms with Crippen LogP contribution in [0.5, 0.6) is 0 Å². The lowest BCUT2D eigenvalue weighted by molar-refractivity contribution is -0.116. The maximum atomic E-state index is 12.6. The number of anilines is 1. The summed E-state index contributed by atoms with van der Waals surface area (Å²) < 4.78 is 5.17. The van der Waals surface area contributed by atoms with Crippen molar-refractivity contribution in [1.29, 1.82) is 5.26 Å². The van der Waals surface area contributed by atoms with E-state index in [0.29, 0.717) is 18.2 Å². The van der Waals surface area contributed by atoms with Gasteiger partial charge in [0.2, 0.25) is 5.91 Å². The van der Waals surface area contributed by atoms with Crippen LogP contribution in [0.4, 0.5) is 10.5 Å². The Morgan fingerprint density at radius 1 is 1.08 bits per heavy atom. The highest BCUT2D eigenvalue weighted by Crippen LogP contribution is 2.49. The maximum Gasteiger partial charge on any atom is 0.409 e. The lowest BCUT2D eigenvalue weighted by Gasteiger charge is -2.45. The second kappa shape index (κ2) is 9.94. The van der Waals surface area contributed by atoms with Crippen molar-refractivity contribution in [2.75, 3.05) is 44.2 Å². The number of ether oxygens (including phenoxy) is 1. The molecule has 0 aromatic heterocycles. The Morgan fingerprint density at radius 2 is 1.81 bits per heavy atom. The number of nitrogens with zero attached hydrogens (tertiary/aromatic N) is 4. The summed E-state index contributed by atoms with van der Waals surface area (Å²) in [7, 11) is 0. The van der Waals surface area contributed by atoms with E-state index in [9.17, 15) is 14.9 Å². The van der Waals surface area contributed by atoms with E-state index in [1.807, 2.05) is 47.1 Å². The number of fused-ring (bicyclic) bond motifs is 2. The van der Waals surface area contributed by atoms with Crippen LogP contribution in [0.25, 0.3) is 11.1 Å². The molecule has 0 atom stereocenters. The van der Waals surface area contributed by atoms with Crippen LogP contribution < -0.4 is 4.90 Å². The summed E-state index contributed by atoms with van der Waals surface area (Å²) in [6, 6.07) is 16.8. The summed E-state index contributed by atoms with van der Waals surface area (Å²) in [6.07, 6.45) is 3.72. The Hall–Kier alpha value is -3.37. The number of hydrogen-bond acceptors (Lipinski definition) is 5. The fourth-order valence-corrected chi connectivity index (χ4v) is 6.32. The SMILES string of the molecule is CCOC(=O)N1CCC(N2CCC3(CC2)CN(C(C)=O)c2ccc(-c4ccccc4C#N)cc23)CC1. The molecule has 2 saturated heterocycles. The molecule has 0 unspecified atom stereocenters. The molecule has 1 spiro atoms. The van der Waals surface area contributed by atoms with Gasteiger partial charge in [-0.15, -0.1) is 0 Å². The highest BCUT2D eigenvalue weighted by molar-refractivity contribution is 5.95. The van der Waals surface area contributed by atoms with E-state index in [0.717, 1.165) is 75.2 Å². The fraction of sp³-hybridized carbons (Fsp3) is 0.483. The van der Waals surface area contributed by atoms with Crippen molar-refractivity contribution >= 4 is 17.7 Å². The minimum absolute atomic E-state index is 0.0687. The molecule has 2 amide bonds. The minimum Gasteiger partial charge on any atom is -0.450 e. The van der Waals surface area contributed by atoms with Crippen molar-refractivity contribution in [1.82, 2.24) is 9.80 Å². The lowest BCUT2D eigenvalue weighted by Crippen LogP contribution is -2.52. The van der Waals surface area contributed by atoms with Crippen LogP contribution in [0.3, 0.4) is 0 Å². The fourth-order valence-electron chi connectivity index (χ4n) is 6.32. The van der Waals surface area contributed by atoms with Crippen molar-refractivity contribution < 1.29 is 14.3 Å². The van der Waals surface area contributed by atoms with Gasteiger partial charge >= 0.3 is 6.09 Å². The molecular formula is C29H34N4O3. The average molecular weight is 487 g/mol. The van der Waals surface area contributed by atoms with Crippen LogP contribution in [-0.2, 0) is 14.9 Å². The van der Waals surface area contributed by atoms with E-state index in [1.54, 1.807) is 6.92 Å². The summed E-state index contributed by atoms with van der Waals surface area (Å²) >= 11 is 0. The second-order valence-corrected chi connectivity index (χ2v) is 10.2. The number of piperidine rings is 2. The van der Waals surface area contributed by atoms with Crippen LogP contribution in [0, 0.1) is 11.3 Å². The number of amides is 2. The first kappa shape index (κ1) is 24.3. The Balaban J connectivity index is 1.35. The molecule has 0 aliphatic carbocycles. The Labute approximate surface area is 213 Å². The first-order valence-corrected chi connectivity index (χ1v) is 13.0. The van der Waals surface area contributed by atoms with Gasteiger partial charge in [-0.3, -0.25) is 4.79 Å². The van der Waals surface area contributed by atoms with Gasteiger partial charge in [0.1, 0.15) is 0 Å². The van der Waals surface area contributed by atoms with E-state index < -0.39 is 0 Å². The molecule has 5 rings (SSSR count). The largest absolute Gasteiger partial charge is 0.450 e. The van der Waals surface area contributed by atoms with E-state index in [2.05, 4.69) is 23.1 Å². The zero-order valence-corrected chi connectivity index (χ0v) is 21.2. The third-order valence-electron chi connectivity index (χ3n) is 8.32. The number of nitriles is 1. The van der Waals surface area contributed by atoms with Gasteiger partial charge in [-0.05, 0) is 80.6 Å². The molecule has 3 heterocycles. The van der Waals surface area contributed by atoms with Gasteiger partial charge in [-0.1, -0.05) is 24.3 Å². The first-order chi connectivity index (χ1) is 17.5. The standard InChI is InChI=1S/C29H34N4O3/c1-3-36-28(35)32-14-10-24(11-15-32)31-16-12-29(13-17-31)20-33(21(2)34)27-9-8-22(18-26(27)29)25-7-5-4-6-23(25)19-30/h4-9,18,24H,3,10-17,20H2,1-2H3. The van der Waals surface area contributed by atoms with Gasteiger partial charge in [0.25, 0.3) is 0 Å². The first-order valence-electron chi connectivity index (χ1n) is 13.0. The number of hydrogen-bond donors (Lipinski definition) is 0. The molecule has 2 aromatic carbocycles. The number of rotatable bonds is 3. The number of carbonyl (C=O) groups excluding carboxylic acids is 2. The Morgan fingerprint density at radius 3 is 2.47 bits per heavy atom. The van der Waals surface area contributed by atoms with E-state index in [-0.39, 0.29) is 17.4 Å². The van der Waals surface area contributed by atoms with Gasteiger partial charge in [-0.25, -0.2) is 4.79 Å². The minimum atomic E-state index is -0.200. The van der Waals surface area contributed by atoms with Gasteiger partial charge in [-0.2, -0.15) is 5.26 Å². The number of likely N-dealkylation sites (tertiary alicyclic amines) is 2. The summed E-state index contributed by atoms with van der Waals surface area (Å²) in [6.45, 7) is 8.07. The molecule has 3 aliphatic rings. The Bertz CT molecular complexity index is 1190. The van der Waals surface area contributed by atoms with Gasteiger partial charge in [0.15, 0.2) is 0 Å². The van der Waals surface area contributed by atoms with Crippen LogP contribution in [-0.4, -0.2) is 67.2 Å². The van der Waals surface area contributed by atoms with Gasteiger partial charge in [0.05, 0.1) is 18.2 Å². The van der Waals surface area contributed by atoms with Crippen molar-refractivity contribution in [2.45, 2.75) is 51.0 Å². The number of benzene rings is 2. The molecule has 7 nitrogen and oxygen atoms in total. The van der Waals surface area contributed by atoms with Crippen LogP contribution in [0.2, 0.25) is 0 Å². The van der Waals surface area contributed by atoms with Crippen molar-refractivity contribution in [3.63, 3.8) is 0 Å². The van der Waals surface area contributed by atoms with Gasteiger partial charge in [0, 0.05) is 43.7 Å². The second-order valence-electron chi connectivity index (χ2n) is 10.2. The summed E-state index contributed by atoms with van der Waals surface area (Å²) in [5.74, 6) is 0.0760. The molecule has 2 aromatic rings. The predicted octanol–water partition coefficient (Wildman–Crippen LogP) is 4.55. The average Bonchev–Trinajstić information content (AvgIpc) is 3.23. The zero-order valence-electron chi connectivity index (χ0n) is 21.2. The summed E-state index contributed by atoms with van der Waals surface area (Å²) in [5.41, 5.74) is 4.81. The molecule has 2 fully saturated rings. The molecule has 0 bridgehead atoms. The molecular weight excluding hydrogens is 452 g/mol. The summed E-state index contributed by atoms with van der Waals surface area (Å²) in [4.78, 5) is 31.0. The van der Waals surface area contributed by atoms with Crippen LogP contribution >= 0.6 is 0 Å². The molecule has 3 aliphatic heterocycles. The number of carbonyl (C=O) groups is 2. The van der Waals surface area contributed by atoms with Crippen molar-refractivity contribution in [3.05, 3.63) is 53.6 Å². The zero-order chi connectivity index (χ0) is 25.3. The highest BCUT2D eigenvalue weighted by atomic mass is 16.6. The molecule has 7 heteroatoms. The van der Waals surface area contributed by atoms with Gasteiger partial charge < -0.3 is 19.4 Å². The molecule has 36 heavy (non-hydrogen) atoms. The summed E-state index contributed by atoms with van der Waals surface area (Å²) in [5, 5.41) is 9.62. The third-order valence-corrected chi connectivity index (χ3v) is 8.32. The topological polar surface area (TPSA) is 76.9 Å². The molecule has 0 radical (unpaired) electrons. The van der Waals surface area contributed by atoms with Crippen LogP contribution in [0.15, 0.2) is 42.5 Å². The highest BCUT2D eigenvalue weighted by Gasteiger charge is 2.46. The van der Waals surface area contributed by atoms with E-state index >= 15 is 0 Å². The van der Waals surface area contributed by atoms with Crippen LogP contribution in [0.1, 0.15) is 50.7 Å². The van der Waals surface area contributed by atoms with Crippen molar-refractivity contribution in [2.24, 2.45) is 0 Å².